The van der Waals surface area contributed by atoms with Crippen molar-refractivity contribution in [2.45, 2.75) is 6.92 Å². The number of hydrogen-bond donors (Lipinski definition) is 0. The molecular weight excluding hydrogens is 250 g/mol. The van der Waals surface area contributed by atoms with Crippen LogP contribution in [0.2, 0.25) is 0 Å². The van der Waals surface area contributed by atoms with E-state index in [1.807, 2.05) is 36.4 Å². The van der Waals surface area contributed by atoms with Gasteiger partial charge in [-0.3, -0.25) is 9.59 Å². The third-order valence-electron chi connectivity index (χ3n) is 3.32. The van der Waals surface area contributed by atoms with E-state index in [9.17, 15) is 9.59 Å². The van der Waals surface area contributed by atoms with E-state index in [0.29, 0.717) is 16.8 Å². The third kappa shape index (κ3) is 1.93. The zero-order valence-electron chi connectivity index (χ0n) is 11.0. The molecular formula is C17H13NO2. The van der Waals surface area contributed by atoms with Crippen LogP contribution >= 0.6 is 0 Å². The standard InChI is InChI=1S/C17H13NO2/c1-12(11-13-7-3-2-4-8-13)18-16(19)14-9-5-6-10-15(14)17(18)20/h2-11H,1H3. The third-order valence-corrected chi connectivity index (χ3v) is 3.32. The molecule has 0 spiro atoms. The van der Waals surface area contributed by atoms with Gasteiger partial charge in [0.05, 0.1) is 11.1 Å². The number of hydrogen-bond acceptors (Lipinski definition) is 2. The molecule has 0 aromatic heterocycles. The summed E-state index contributed by atoms with van der Waals surface area (Å²) in [5, 5.41) is 0. The van der Waals surface area contributed by atoms with E-state index in [1.54, 1.807) is 31.2 Å². The molecule has 0 bridgehead atoms. The van der Waals surface area contributed by atoms with Gasteiger partial charge in [-0.15, -0.1) is 0 Å². The fourth-order valence-corrected chi connectivity index (χ4v) is 2.36. The van der Waals surface area contributed by atoms with Crippen LogP contribution in [0.4, 0.5) is 0 Å². The van der Waals surface area contributed by atoms with Crippen molar-refractivity contribution in [2.24, 2.45) is 0 Å². The van der Waals surface area contributed by atoms with Crippen molar-refractivity contribution in [3.05, 3.63) is 77.0 Å². The summed E-state index contributed by atoms with van der Waals surface area (Å²) in [6, 6.07) is 16.5. The molecule has 0 atom stereocenters. The average molecular weight is 263 g/mol. The molecule has 0 saturated heterocycles. The molecule has 3 rings (SSSR count). The summed E-state index contributed by atoms with van der Waals surface area (Å²) in [5.74, 6) is -0.509. The fourth-order valence-electron chi connectivity index (χ4n) is 2.36. The lowest BCUT2D eigenvalue weighted by atomic mass is 10.1. The van der Waals surface area contributed by atoms with Gasteiger partial charge in [-0.2, -0.15) is 0 Å². The minimum atomic E-state index is -0.254. The van der Waals surface area contributed by atoms with Gasteiger partial charge in [0.2, 0.25) is 0 Å². The Morgan fingerprint density at radius 3 is 1.90 bits per heavy atom. The van der Waals surface area contributed by atoms with Gasteiger partial charge in [0.15, 0.2) is 0 Å². The predicted molar refractivity (Wildman–Crippen MR) is 77.0 cm³/mol. The van der Waals surface area contributed by atoms with Gasteiger partial charge in [-0.1, -0.05) is 42.5 Å². The highest BCUT2D eigenvalue weighted by molar-refractivity contribution is 6.22. The highest BCUT2D eigenvalue weighted by Crippen LogP contribution is 2.26. The molecule has 2 aromatic rings. The SMILES string of the molecule is CC(=Cc1ccccc1)N1C(=O)c2ccccc2C1=O. The average Bonchev–Trinajstić information content (AvgIpc) is 2.72. The summed E-state index contributed by atoms with van der Waals surface area (Å²) >= 11 is 0. The zero-order valence-corrected chi connectivity index (χ0v) is 11.0. The number of allylic oxidation sites excluding steroid dienone is 1. The molecule has 20 heavy (non-hydrogen) atoms. The molecule has 0 unspecified atom stereocenters. The summed E-state index contributed by atoms with van der Waals surface area (Å²) in [6.45, 7) is 1.77. The number of imide groups is 1. The van der Waals surface area contributed by atoms with E-state index >= 15 is 0 Å². The smallest absolute Gasteiger partial charge is 0.265 e. The molecule has 1 heterocycles. The lowest BCUT2D eigenvalue weighted by Gasteiger charge is -2.14. The normalized spacial score (nSPS) is 14.7. The molecule has 2 amide bonds. The van der Waals surface area contributed by atoms with Gasteiger partial charge in [-0.05, 0) is 30.7 Å². The Hall–Kier alpha value is -2.68. The Morgan fingerprint density at radius 1 is 0.850 bits per heavy atom. The zero-order chi connectivity index (χ0) is 14.1. The predicted octanol–water partition coefficient (Wildman–Crippen LogP) is 3.34. The van der Waals surface area contributed by atoms with Crippen LogP contribution in [0.15, 0.2) is 60.3 Å². The first-order valence-corrected chi connectivity index (χ1v) is 6.39. The number of rotatable bonds is 2. The molecule has 1 aliphatic heterocycles. The topological polar surface area (TPSA) is 37.4 Å². The van der Waals surface area contributed by atoms with Crippen LogP contribution in [0.25, 0.3) is 6.08 Å². The minimum absolute atomic E-state index is 0.254. The molecule has 0 fully saturated rings. The van der Waals surface area contributed by atoms with Gasteiger partial charge in [0.1, 0.15) is 0 Å². The Bertz CT molecular complexity index is 682. The number of fused-ring (bicyclic) bond motifs is 1. The number of carbonyl (C=O) groups is 2. The highest BCUT2D eigenvalue weighted by atomic mass is 16.2. The van der Waals surface area contributed by atoms with Gasteiger partial charge < -0.3 is 0 Å². The Balaban J connectivity index is 1.99. The van der Waals surface area contributed by atoms with Crippen LogP contribution in [0, 0.1) is 0 Å². The molecule has 0 N–H and O–H groups in total. The monoisotopic (exact) mass is 263 g/mol. The van der Waals surface area contributed by atoms with Crippen molar-refractivity contribution in [3.63, 3.8) is 0 Å². The molecule has 0 aliphatic carbocycles. The molecule has 3 nitrogen and oxygen atoms in total. The number of benzene rings is 2. The number of nitrogens with zero attached hydrogens (tertiary/aromatic N) is 1. The Kier molecular flexibility index (Phi) is 2.95. The first kappa shape index (κ1) is 12.4. The lowest BCUT2D eigenvalue weighted by Crippen LogP contribution is -2.27. The number of carbonyl (C=O) groups excluding carboxylic acids is 2. The summed E-state index contributed by atoms with van der Waals surface area (Å²) in [7, 11) is 0. The van der Waals surface area contributed by atoms with Crippen molar-refractivity contribution in [3.8, 4) is 0 Å². The van der Waals surface area contributed by atoms with Gasteiger partial charge >= 0.3 is 0 Å². The summed E-state index contributed by atoms with van der Waals surface area (Å²) in [4.78, 5) is 25.8. The van der Waals surface area contributed by atoms with E-state index in [2.05, 4.69) is 0 Å². The first-order valence-electron chi connectivity index (χ1n) is 6.39. The van der Waals surface area contributed by atoms with Crippen molar-refractivity contribution in [2.75, 3.05) is 0 Å². The summed E-state index contributed by atoms with van der Waals surface area (Å²) in [5.41, 5.74) is 2.53. The highest BCUT2D eigenvalue weighted by Gasteiger charge is 2.35. The van der Waals surface area contributed by atoms with Gasteiger partial charge in [0, 0.05) is 5.70 Å². The van der Waals surface area contributed by atoms with Gasteiger partial charge in [0.25, 0.3) is 11.8 Å². The molecule has 98 valence electrons. The Morgan fingerprint density at radius 2 is 1.35 bits per heavy atom. The van der Waals surface area contributed by atoms with Crippen LogP contribution in [0.3, 0.4) is 0 Å². The number of amides is 2. The maximum Gasteiger partial charge on any atom is 0.265 e. The fraction of sp³-hybridized carbons (Fsp3) is 0.0588. The molecule has 2 aromatic carbocycles. The van der Waals surface area contributed by atoms with Crippen LogP contribution in [0.1, 0.15) is 33.2 Å². The summed E-state index contributed by atoms with van der Waals surface area (Å²) < 4.78 is 0. The second kappa shape index (κ2) is 4.78. The molecule has 0 saturated carbocycles. The maximum atomic E-state index is 12.3. The molecule has 3 heteroatoms. The van der Waals surface area contributed by atoms with Crippen LogP contribution < -0.4 is 0 Å². The van der Waals surface area contributed by atoms with Gasteiger partial charge in [-0.25, -0.2) is 4.90 Å². The van der Waals surface area contributed by atoms with E-state index in [1.165, 1.54) is 4.90 Å². The largest absolute Gasteiger partial charge is 0.268 e. The van der Waals surface area contributed by atoms with Crippen LogP contribution in [0.5, 0.6) is 0 Å². The van der Waals surface area contributed by atoms with Crippen LogP contribution in [-0.4, -0.2) is 16.7 Å². The van der Waals surface area contributed by atoms with E-state index in [0.717, 1.165) is 5.56 Å². The first-order chi connectivity index (χ1) is 9.68. The van der Waals surface area contributed by atoms with Crippen molar-refractivity contribution in [1.82, 2.24) is 4.90 Å². The van der Waals surface area contributed by atoms with E-state index in [-0.39, 0.29) is 11.8 Å². The van der Waals surface area contributed by atoms with Crippen LogP contribution in [-0.2, 0) is 0 Å². The lowest BCUT2D eigenvalue weighted by molar-refractivity contribution is 0.0706. The van der Waals surface area contributed by atoms with Crippen molar-refractivity contribution < 1.29 is 9.59 Å². The maximum absolute atomic E-state index is 12.3. The van der Waals surface area contributed by atoms with Crippen molar-refractivity contribution in [1.29, 1.82) is 0 Å². The second-order valence-corrected chi connectivity index (χ2v) is 4.69. The second-order valence-electron chi connectivity index (χ2n) is 4.69. The van der Waals surface area contributed by atoms with E-state index < -0.39 is 0 Å². The quantitative estimate of drug-likeness (QED) is 0.779. The summed E-state index contributed by atoms with van der Waals surface area (Å²) in [6.07, 6.45) is 1.84. The molecule has 1 aliphatic rings. The van der Waals surface area contributed by atoms with E-state index in [4.69, 9.17) is 0 Å². The Labute approximate surface area is 117 Å². The minimum Gasteiger partial charge on any atom is -0.268 e. The molecule has 0 radical (unpaired) electrons. The van der Waals surface area contributed by atoms with Crippen molar-refractivity contribution >= 4 is 17.9 Å².